The normalized spacial score (nSPS) is 15.6. The van der Waals surface area contributed by atoms with Crippen molar-refractivity contribution < 1.29 is 14.6 Å². The van der Waals surface area contributed by atoms with E-state index in [9.17, 15) is 9.90 Å². The largest absolute Gasteiger partial charge is 0.504 e. The maximum atomic E-state index is 12.8. The number of methoxy groups -OCH3 is 1. The number of nitrogens with zero attached hydrogens (tertiary/aromatic N) is 1. The van der Waals surface area contributed by atoms with Crippen molar-refractivity contribution in [3.8, 4) is 11.5 Å². The molecule has 1 aliphatic heterocycles. The van der Waals surface area contributed by atoms with E-state index < -0.39 is 0 Å². The Labute approximate surface area is 151 Å². The van der Waals surface area contributed by atoms with Crippen LogP contribution < -0.4 is 15.0 Å². The molecule has 25 heavy (non-hydrogen) atoms. The average Bonchev–Trinajstić information content (AvgIpc) is 2.90. The van der Waals surface area contributed by atoms with Crippen molar-refractivity contribution in [1.82, 2.24) is 5.32 Å². The van der Waals surface area contributed by atoms with E-state index >= 15 is 0 Å². The van der Waals surface area contributed by atoms with Gasteiger partial charge in [0.15, 0.2) is 16.6 Å². The molecular weight excluding hydrogens is 336 g/mol. The van der Waals surface area contributed by atoms with Crippen LogP contribution in [0.4, 0.5) is 5.69 Å². The molecule has 1 amide bonds. The van der Waals surface area contributed by atoms with Crippen molar-refractivity contribution in [3.05, 3.63) is 59.3 Å². The van der Waals surface area contributed by atoms with Gasteiger partial charge in [0.05, 0.1) is 12.8 Å². The highest BCUT2D eigenvalue weighted by atomic mass is 32.1. The third kappa shape index (κ3) is 3.08. The molecule has 0 bridgehead atoms. The van der Waals surface area contributed by atoms with Gasteiger partial charge in [0.1, 0.15) is 5.70 Å². The van der Waals surface area contributed by atoms with E-state index in [1.807, 2.05) is 31.2 Å². The number of benzene rings is 2. The van der Waals surface area contributed by atoms with Gasteiger partial charge in [-0.3, -0.25) is 9.69 Å². The number of para-hydroxylation sites is 2. The lowest BCUT2D eigenvalue weighted by atomic mass is 10.1. The van der Waals surface area contributed by atoms with Gasteiger partial charge >= 0.3 is 0 Å². The minimum atomic E-state index is -0.256. The average molecular weight is 354 g/mol. The third-order valence-electron chi connectivity index (χ3n) is 4.04. The molecular formula is C19H18N2O3S. The first-order chi connectivity index (χ1) is 12.1. The summed E-state index contributed by atoms with van der Waals surface area (Å²) in [5.74, 6) is 0.0640. The monoisotopic (exact) mass is 354 g/mol. The van der Waals surface area contributed by atoms with Crippen LogP contribution in [0.25, 0.3) is 6.08 Å². The van der Waals surface area contributed by atoms with Gasteiger partial charge in [0, 0.05) is 5.56 Å². The first-order valence-electron chi connectivity index (χ1n) is 7.87. The van der Waals surface area contributed by atoms with E-state index in [-0.39, 0.29) is 11.7 Å². The summed E-state index contributed by atoms with van der Waals surface area (Å²) < 4.78 is 5.10. The van der Waals surface area contributed by atoms with Gasteiger partial charge in [-0.15, -0.1) is 0 Å². The predicted octanol–water partition coefficient (Wildman–Crippen LogP) is 3.23. The van der Waals surface area contributed by atoms with Crippen molar-refractivity contribution in [2.75, 3.05) is 12.0 Å². The van der Waals surface area contributed by atoms with Gasteiger partial charge in [-0.1, -0.05) is 37.3 Å². The Hall–Kier alpha value is -2.86. The minimum Gasteiger partial charge on any atom is -0.504 e. The second-order valence-electron chi connectivity index (χ2n) is 5.51. The lowest BCUT2D eigenvalue weighted by Crippen LogP contribution is -2.31. The second-order valence-corrected chi connectivity index (χ2v) is 5.90. The number of rotatable bonds is 4. The summed E-state index contributed by atoms with van der Waals surface area (Å²) in [6.07, 6.45) is 2.36. The number of carbonyl (C=O) groups excluding carboxylic acids is 1. The summed E-state index contributed by atoms with van der Waals surface area (Å²) in [6, 6.07) is 12.7. The number of hydrogen-bond acceptors (Lipinski definition) is 4. The van der Waals surface area contributed by atoms with E-state index in [1.54, 1.807) is 24.3 Å². The van der Waals surface area contributed by atoms with E-state index in [0.717, 1.165) is 17.7 Å². The maximum absolute atomic E-state index is 12.8. The summed E-state index contributed by atoms with van der Waals surface area (Å²) in [4.78, 5) is 14.3. The number of thiocarbonyl (C=S) groups is 1. The van der Waals surface area contributed by atoms with Crippen LogP contribution in [-0.2, 0) is 11.2 Å². The Balaban J connectivity index is 1.99. The summed E-state index contributed by atoms with van der Waals surface area (Å²) in [7, 11) is 1.48. The number of phenolic OH excluding ortho intramolecular Hbond substituents is 1. The zero-order valence-electron chi connectivity index (χ0n) is 13.9. The molecule has 0 unspecified atom stereocenters. The smallest absolute Gasteiger partial charge is 0.281 e. The lowest BCUT2D eigenvalue weighted by molar-refractivity contribution is -0.113. The molecule has 1 heterocycles. The molecule has 5 nitrogen and oxygen atoms in total. The van der Waals surface area contributed by atoms with Crippen LogP contribution in [0, 0.1) is 0 Å². The number of carbonyl (C=O) groups is 1. The van der Waals surface area contributed by atoms with Crippen LogP contribution in [0.1, 0.15) is 18.1 Å². The van der Waals surface area contributed by atoms with Gasteiger partial charge in [-0.25, -0.2) is 0 Å². The van der Waals surface area contributed by atoms with Crippen LogP contribution in [0.3, 0.4) is 0 Å². The molecule has 1 aliphatic rings. The molecule has 0 aliphatic carbocycles. The van der Waals surface area contributed by atoms with Crippen LogP contribution in [0.5, 0.6) is 11.5 Å². The van der Waals surface area contributed by atoms with Crippen LogP contribution >= 0.6 is 12.2 Å². The number of phenols is 1. The zero-order valence-corrected chi connectivity index (χ0v) is 14.8. The van der Waals surface area contributed by atoms with E-state index in [4.69, 9.17) is 17.0 Å². The van der Waals surface area contributed by atoms with Crippen molar-refractivity contribution in [1.29, 1.82) is 0 Å². The van der Waals surface area contributed by atoms with Gasteiger partial charge in [-0.05, 0) is 42.4 Å². The summed E-state index contributed by atoms with van der Waals surface area (Å²) >= 11 is 5.35. The minimum absolute atomic E-state index is 0.0228. The van der Waals surface area contributed by atoms with Gasteiger partial charge in [0.2, 0.25) is 0 Å². The van der Waals surface area contributed by atoms with Crippen molar-refractivity contribution >= 4 is 35.0 Å². The number of ether oxygens (including phenoxy) is 1. The molecule has 1 saturated heterocycles. The number of hydrogen-bond donors (Lipinski definition) is 2. The van der Waals surface area contributed by atoms with Gasteiger partial charge < -0.3 is 15.2 Å². The molecule has 0 saturated carbocycles. The fourth-order valence-electron chi connectivity index (χ4n) is 2.76. The summed E-state index contributed by atoms with van der Waals surface area (Å²) in [5, 5.41) is 13.5. The molecule has 128 valence electrons. The van der Waals surface area contributed by atoms with Crippen molar-refractivity contribution in [2.45, 2.75) is 13.3 Å². The molecule has 3 rings (SSSR count). The first kappa shape index (κ1) is 17.0. The van der Waals surface area contributed by atoms with Crippen LogP contribution in [-0.4, -0.2) is 23.2 Å². The van der Waals surface area contributed by atoms with Crippen LogP contribution in [0.2, 0.25) is 0 Å². The Morgan fingerprint density at radius 2 is 2.00 bits per heavy atom. The molecule has 0 spiro atoms. The van der Waals surface area contributed by atoms with Crippen molar-refractivity contribution in [3.63, 3.8) is 0 Å². The second kappa shape index (κ2) is 6.94. The predicted molar refractivity (Wildman–Crippen MR) is 102 cm³/mol. The molecule has 2 aromatic carbocycles. The highest BCUT2D eigenvalue weighted by molar-refractivity contribution is 7.80. The number of nitrogens with one attached hydrogen (secondary N) is 1. The maximum Gasteiger partial charge on any atom is 0.281 e. The summed E-state index contributed by atoms with van der Waals surface area (Å²) in [6.45, 7) is 2.03. The Bertz CT molecular complexity index is 877. The topological polar surface area (TPSA) is 61.8 Å². The standard InChI is InChI=1S/C19H18N2O3S/c1-3-12-7-4-5-9-15(12)21-18(23)14(20-19(21)25)11-13-8-6-10-16(24-2)17(13)22/h4-11,22H,3H2,1-2H3,(H,20,25)/b14-11+. The fourth-order valence-corrected chi connectivity index (χ4v) is 3.05. The first-order valence-corrected chi connectivity index (χ1v) is 8.28. The Morgan fingerprint density at radius 3 is 2.72 bits per heavy atom. The molecule has 2 aromatic rings. The number of anilines is 1. The molecule has 0 radical (unpaired) electrons. The van der Waals surface area contributed by atoms with Crippen molar-refractivity contribution in [2.24, 2.45) is 0 Å². The Kier molecular flexibility index (Phi) is 4.72. The van der Waals surface area contributed by atoms with Crippen LogP contribution in [0.15, 0.2) is 48.2 Å². The van der Waals surface area contributed by atoms with E-state index in [2.05, 4.69) is 5.32 Å². The SMILES string of the molecule is CCc1ccccc1N1C(=O)/C(=C\c2cccc(OC)c2O)NC1=S. The quantitative estimate of drug-likeness (QED) is 0.652. The number of aromatic hydroxyl groups is 1. The summed E-state index contributed by atoms with van der Waals surface area (Å²) in [5.41, 5.74) is 2.58. The molecule has 6 heteroatoms. The lowest BCUT2D eigenvalue weighted by Gasteiger charge is -2.17. The molecule has 0 aromatic heterocycles. The fraction of sp³-hybridized carbons (Fsp3) is 0.158. The van der Waals surface area contributed by atoms with E-state index in [1.165, 1.54) is 12.0 Å². The molecule has 0 atom stereocenters. The number of aryl methyl sites for hydroxylation is 1. The Morgan fingerprint density at radius 1 is 1.24 bits per heavy atom. The third-order valence-corrected chi connectivity index (χ3v) is 4.33. The number of amides is 1. The van der Waals surface area contributed by atoms with Gasteiger partial charge in [0.25, 0.3) is 5.91 Å². The van der Waals surface area contributed by atoms with E-state index in [0.29, 0.717) is 22.1 Å². The highest BCUT2D eigenvalue weighted by Crippen LogP contribution is 2.32. The van der Waals surface area contributed by atoms with Gasteiger partial charge in [-0.2, -0.15) is 0 Å². The highest BCUT2D eigenvalue weighted by Gasteiger charge is 2.33. The zero-order chi connectivity index (χ0) is 18.0. The molecule has 2 N–H and O–H groups in total. The molecule has 1 fully saturated rings.